The van der Waals surface area contributed by atoms with Crippen LogP contribution in [0.5, 0.6) is 0 Å². The highest BCUT2D eigenvalue weighted by Crippen LogP contribution is 2.36. The van der Waals surface area contributed by atoms with Crippen molar-refractivity contribution in [2.24, 2.45) is 0 Å². The molecule has 0 atom stereocenters. The summed E-state index contributed by atoms with van der Waals surface area (Å²) < 4.78 is 0. The second kappa shape index (κ2) is 17.1. The summed E-state index contributed by atoms with van der Waals surface area (Å²) in [4.78, 5) is 0. The summed E-state index contributed by atoms with van der Waals surface area (Å²) in [5.74, 6) is 0.273. The Morgan fingerprint density at radius 3 is 1.13 bits per heavy atom. The molecule has 0 saturated heterocycles. The number of benzene rings is 2. The first kappa shape index (κ1) is 33.4. The minimum Gasteiger partial charge on any atom is -0.0989 e. The van der Waals surface area contributed by atoms with E-state index in [-0.39, 0.29) is 16.7 Å². The highest BCUT2D eigenvalue weighted by molar-refractivity contribution is 5.43. The average Bonchev–Trinajstić information content (AvgIpc) is 2.88. The summed E-state index contributed by atoms with van der Waals surface area (Å²) in [5.41, 5.74) is 7.25. The zero-order valence-electron chi connectivity index (χ0n) is 27.0. The van der Waals surface area contributed by atoms with E-state index >= 15 is 0 Å². The molecule has 0 spiro atoms. The van der Waals surface area contributed by atoms with E-state index in [0.29, 0.717) is 0 Å². The van der Waals surface area contributed by atoms with Gasteiger partial charge in [0.25, 0.3) is 0 Å². The summed E-state index contributed by atoms with van der Waals surface area (Å²) in [6.07, 6.45) is 20.8. The molecule has 2 aromatic rings. The normalized spacial score (nSPS) is 12.3. The molecule has 0 aromatic heterocycles. The number of allylic oxidation sites excluding steroid dienone is 1. The molecule has 0 saturated carbocycles. The molecule has 2 aromatic carbocycles. The van der Waals surface area contributed by atoms with Crippen molar-refractivity contribution in [3.8, 4) is 0 Å². The molecule has 0 amide bonds. The van der Waals surface area contributed by atoms with Crippen molar-refractivity contribution >= 4 is 0 Å². The van der Waals surface area contributed by atoms with E-state index in [0.717, 1.165) is 6.42 Å². The zero-order chi connectivity index (χ0) is 28.7. The van der Waals surface area contributed by atoms with Gasteiger partial charge in [-0.1, -0.05) is 193 Å². The molecule has 218 valence electrons. The minimum absolute atomic E-state index is 0.174. The first-order valence-electron chi connectivity index (χ1n) is 16.4. The lowest BCUT2D eigenvalue weighted by Crippen LogP contribution is -2.12. The average molecular weight is 531 g/mol. The van der Waals surface area contributed by atoms with Crippen LogP contribution in [0, 0.1) is 0 Å². The highest BCUT2D eigenvalue weighted by atomic mass is 14.2. The quantitative estimate of drug-likeness (QED) is 0.133. The van der Waals surface area contributed by atoms with Crippen molar-refractivity contribution in [2.45, 2.75) is 162 Å². The SMILES string of the molecule is C=C(CCCCCCCCCCCCCCCC)C(c1ccc(C(C)(C)C)cc1)c1ccc(C(C)(C)C)cc1. The van der Waals surface area contributed by atoms with Gasteiger partial charge in [-0.25, -0.2) is 0 Å². The van der Waals surface area contributed by atoms with E-state index in [1.807, 2.05) is 0 Å². The van der Waals surface area contributed by atoms with Crippen LogP contribution in [0.2, 0.25) is 0 Å². The van der Waals surface area contributed by atoms with Gasteiger partial charge < -0.3 is 0 Å². The van der Waals surface area contributed by atoms with Gasteiger partial charge in [0.1, 0.15) is 0 Å². The third-order valence-corrected chi connectivity index (χ3v) is 8.48. The van der Waals surface area contributed by atoms with Gasteiger partial charge in [0.2, 0.25) is 0 Å². The summed E-state index contributed by atoms with van der Waals surface area (Å²) >= 11 is 0. The predicted octanol–water partition coefficient (Wildman–Crippen LogP) is 12.8. The molecule has 39 heavy (non-hydrogen) atoms. The third-order valence-electron chi connectivity index (χ3n) is 8.48. The molecule has 2 rings (SSSR count). The maximum absolute atomic E-state index is 4.65. The minimum atomic E-state index is 0.174. The number of unbranched alkanes of at least 4 members (excludes halogenated alkanes) is 13. The molecule has 0 nitrogen and oxygen atoms in total. The number of hydrogen-bond acceptors (Lipinski definition) is 0. The summed E-state index contributed by atoms with van der Waals surface area (Å²) in [6, 6.07) is 18.7. The maximum Gasteiger partial charge on any atom is 0.0296 e. The summed E-state index contributed by atoms with van der Waals surface area (Å²) in [5, 5.41) is 0. The van der Waals surface area contributed by atoms with Crippen molar-refractivity contribution in [2.75, 3.05) is 0 Å². The van der Waals surface area contributed by atoms with Crippen LogP contribution >= 0.6 is 0 Å². The van der Waals surface area contributed by atoms with Crippen molar-refractivity contribution in [1.29, 1.82) is 0 Å². The van der Waals surface area contributed by atoms with Crippen LogP contribution in [-0.4, -0.2) is 0 Å². The second-order valence-electron chi connectivity index (χ2n) is 14.2. The summed E-state index contributed by atoms with van der Waals surface area (Å²) in [7, 11) is 0. The zero-order valence-corrected chi connectivity index (χ0v) is 27.0. The summed E-state index contributed by atoms with van der Waals surface area (Å²) in [6.45, 7) is 20.7. The Morgan fingerprint density at radius 2 is 0.821 bits per heavy atom. The molecule has 0 heteroatoms. The van der Waals surface area contributed by atoms with E-state index in [1.54, 1.807) is 0 Å². The smallest absolute Gasteiger partial charge is 0.0296 e. The standard InChI is InChI=1S/C39H62/c1-9-10-11-12-13-14-15-16-17-18-19-20-21-22-23-32(2)37(33-24-28-35(29-25-33)38(3,4)5)34-26-30-36(31-27-34)39(6,7)8/h24-31,37H,2,9-23H2,1,3-8H3. The van der Waals surface area contributed by atoms with E-state index in [1.165, 1.54) is 118 Å². The van der Waals surface area contributed by atoms with Gasteiger partial charge in [-0.2, -0.15) is 0 Å². The van der Waals surface area contributed by atoms with Crippen LogP contribution in [0.1, 0.15) is 173 Å². The van der Waals surface area contributed by atoms with Crippen LogP contribution in [0.3, 0.4) is 0 Å². The third kappa shape index (κ3) is 12.5. The fourth-order valence-electron chi connectivity index (χ4n) is 5.71. The lowest BCUT2D eigenvalue weighted by molar-refractivity contribution is 0.534. The van der Waals surface area contributed by atoms with E-state index in [4.69, 9.17) is 0 Å². The molecule has 0 aliphatic heterocycles. The Hall–Kier alpha value is -1.82. The Labute approximate surface area is 244 Å². The molecule has 0 fully saturated rings. The fourth-order valence-corrected chi connectivity index (χ4v) is 5.71. The van der Waals surface area contributed by atoms with Gasteiger partial charge in [-0.3, -0.25) is 0 Å². The van der Waals surface area contributed by atoms with Crippen molar-refractivity contribution in [1.82, 2.24) is 0 Å². The largest absolute Gasteiger partial charge is 0.0989 e. The van der Waals surface area contributed by atoms with Gasteiger partial charge in [-0.05, 0) is 45.9 Å². The van der Waals surface area contributed by atoms with E-state index < -0.39 is 0 Å². The van der Waals surface area contributed by atoms with E-state index in [9.17, 15) is 0 Å². The molecule has 0 heterocycles. The second-order valence-corrected chi connectivity index (χ2v) is 14.2. The van der Waals surface area contributed by atoms with Gasteiger partial charge in [0, 0.05) is 5.92 Å². The molecule has 0 bridgehead atoms. The van der Waals surface area contributed by atoms with Crippen molar-refractivity contribution in [3.63, 3.8) is 0 Å². The Morgan fingerprint density at radius 1 is 0.513 bits per heavy atom. The Kier molecular flexibility index (Phi) is 14.6. The monoisotopic (exact) mass is 530 g/mol. The molecule has 0 aliphatic carbocycles. The molecular formula is C39H62. The predicted molar refractivity (Wildman–Crippen MR) is 176 cm³/mol. The van der Waals surface area contributed by atoms with Crippen LogP contribution in [0.15, 0.2) is 60.7 Å². The molecule has 0 N–H and O–H groups in total. The maximum atomic E-state index is 4.65. The van der Waals surface area contributed by atoms with Crippen molar-refractivity contribution in [3.05, 3.63) is 82.9 Å². The molecular weight excluding hydrogens is 468 g/mol. The lowest BCUT2D eigenvalue weighted by atomic mass is 9.79. The topological polar surface area (TPSA) is 0 Å². The lowest BCUT2D eigenvalue weighted by Gasteiger charge is -2.25. The van der Waals surface area contributed by atoms with Gasteiger partial charge in [0.15, 0.2) is 0 Å². The van der Waals surface area contributed by atoms with Crippen LogP contribution in [-0.2, 0) is 10.8 Å². The van der Waals surface area contributed by atoms with Gasteiger partial charge in [0.05, 0.1) is 0 Å². The number of rotatable bonds is 18. The van der Waals surface area contributed by atoms with Crippen LogP contribution < -0.4 is 0 Å². The Bertz CT molecular complexity index is 856. The van der Waals surface area contributed by atoms with Crippen molar-refractivity contribution < 1.29 is 0 Å². The van der Waals surface area contributed by atoms with Gasteiger partial charge in [-0.15, -0.1) is 0 Å². The molecule has 0 radical (unpaired) electrons. The molecule has 0 aliphatic rings. The van der Waals surface area contributed by atoms with Gasteiger partial charge >= 0.3 is 0 Å². The first-order valence-corrected chi connectivity index (χ1v) is 16.4. The fraction of sp³-hybridized carbons (Fsp3) is 0.641. The highest BCUT2D eigenvalue weighted by Gasteiger charge is 2.21. The Balaban J connectivity index is 1.84. The van der Waals surface area contributed by atoms with Crippen LogP contribution in [0.25, 0.3) is 0 Å². The first-order chi connectivity index (χ1) is 18.5. The molecule has 0 unspecified atom stereocenters. The van der Waals surface area contributed by atoms with Crippen LogP contribution in [0.4, 0.5) is 0 Å². The number of hydrogen-bond donors (Lipinski definition) is 0. The van der Waals surface area contributed by atoms with E-state index in [2.05, 4.69) is 104 Å².